The number of amides is 1. The maximum absolute atomic E-state index is 13.4. The lowest BCUT2D eigenvalue weighted by molar-refractivity contribution is 0.0749. The molecular formula is C23H37N3O4S. The van der Waals surface area contributed by atoms with Gasteiger partial charge in [0.15, 0.2) is 0 Å². The standard InChI is InChI=1S/C23H37N3O4S/c1-23(2,3)25-13-9-12-24(16-17-25)22(27)19-10-11-20(30-4)21(18-19)31(28,29)26-14-7-5-6-8-15-26/h10-11,18H,5-9,12-17H2,1-4H3. The fourth-order valence-corrected chi connectivity index (χ4v) is 6.10. The molecule has 0 aromatic heterocycles. The van der Waals surface area contributed by atoms with Gasteiger partial charge in [-0.15, -0.1) is 0 Å². The number of carbonyl (C=O) groups is 1. The SMILES string of the molecule is COc1ccc(C(=O)N2CCCN(C(C)(C)C)CC2)cc1S(=O)(=O)N1CCCCCC1. The van der Waals surface area contributed by atoms with Crippen LogP contribution in [0.5, 0.6) is 5.75 Å². The molecule has 1 aromatic carbocycles. The third-order valence-corrected chi connectivity index (χ3v) is 8.25. The van der Waals surface area contributed by atoms with Crippen molar-refractivity contribution >= 4 is 15.9 Å². The summed E-state index contributed by atoms with van der Waals surface area (Å²) in [6.07, 6.45) is 4.71. The zero-order valence-corrected chi connectivity index (χ0v) is 20.2. The predicted octanol–water partition coefficient (Wildman–Crippen LogP) is 3.21. The van der Waals surface area contributed by atoms with Gasteiger partial charge in [-0.3, -0.25) is 9.69 Å². The van der Waals surface area contributed by atoms with Gasteiger partial charge in [-0.2, -0.15) is 4.31 Å². The molecule has 2 heterocycles. The lowest BCUT2D eigenvalue weighted by Crippen LogP contribution is -2.44. The summed E-state index contributed by atoms with van der Waals surface area (Å²) in [5.74, 6) is 0.168. The topological polar surface area (TPSA) is 70.2 Å². The number of carbonyl (C=O) groups excluding carboxylic acids is 1. The van der Waals surface area contributed by atoms with Crippen molar-refractivity contribution in [1.82, 2.24) is 14.1 Å². The summed E-state index contributed by atoms with van der Waals surface area (Å²) in [7, 11) is -2.25. The molecule has 8 heteroatoms. The molecule has 0 atom stereocenters. The minimum atomic E-state index is -3.72. The molecule has 0 spiro atoms. The number of sulfonamides is 1. The van der Waals surface area contributed by atoms with E-state index < -0.39 is 10.0 Å². The van der Waals surface area contributed by atoms with Crippen molar-refractivity contribution in [3.63, 3.8) is 0 Å². The van der Waals surface area contributed by atoms with Gasteiger partial charge in [0.05, 0.1) is 7.11 Å². The lowest BCUT2D eigenvalue weighted by atomic mass is 10.1. The number of ether oxygens (including phenoxy) is 1. The van der Waals surface area contributed by atoms with E-state index in [1.54, 1.807) is 16.4 Å². The monoisotopic (exact) mass is 451 g/mol. The van der Waals surface area contributed by atoms with Crippen LogP contribution in [0.3, 0.4) is 0 Å². The molecular weight excluding hydrogens is 414 g/mol. The van der Waals surface area contributed by atoms with Gasteiger partial charge in [0.25, 0.3) is 5.91 Å². The molecule has 0 bridgehead atoms. The van der Waals surface area contributed by atoms with E-state index >= 15 is 0 Å². The number of nitrogens with zero attached hydrogens (tertiary/aromatic N) is 3. The van der Waals surface area contributed by atoms with Crippen LogP contribution in [0.15, 0.2) is 23.1 Å². The molecule has 1 aromatic rings. The molecule has 2 saturated heterocycles. The summed E-state index contributed by atoms with van der Waals surface area (Å²) < 4.78 is 33.7. The highest BCUT2D eigenvalue weighted by Crippen LogP contribution is 2.30. The maximum atomic E-state index is 13.4. The summed E-state index contributed by atoms with van der Waals surface area (Å²) >= 11 is 0. The summed E-state index contributed by atoms with van der Waals surface area (Å²) in [6.45, 7) is 10.7. The number of methoxy groups -OCH3 is 1. The van der Waals surface area contributed by atoms with Crippen LogP contribution in [0.1, 0.15) is 63.2 Å². The molecule has 0 N–H and O–H groups in total. The Bertz CT molecular complexity index is 871. The van der Waals surface area contributed by atoms with Gasteiger partial charge < -0.3 is 9.64 Å². The summed E-state index contributed by atoms with van der Waals surface area (Å²) in [5.41, 5.74) is 0.464. The van der Waals surface area contributed by atoms with E-state index in [1.807, 2.05) is 4.90 Å². The highest BCUT2D eigenvalue weighted by Gasteiger charge is 2.31. The summed E-state index contributed by atoms with van der Waals surface area (Å²) in [6, 6.07) is 4.79. The largest absolute Gasteiger partial charge is 0.495 e. The molecule has 2 aliphatic heterocycles. The molecule has 0 aliphatic carbocycles. The third kappa shape index (κ3) is 5.59. The molecule has 2 fully saturated rings. The van der Waals surface area contributed by atoms with Crippen LogP contribution in [-0.4, -0.2) is 80.3 Å². The molecule has 3 rings (SSSR count). The van der Waals surface area contributed by atoms with Crippen molar-refractivity contribution < 1.29 is 17.9 Å². The highest BCUT2D eigenvalue weighted by atomic mass is 32.2. The van der Waals surface area contributed by atoms with Crippen LogP contribution in [0.4, 0.5) is 0 Å². The van der Waals surface area contributed by atoms with E-state index in [0.29, 0.717) is 31.7 Å². The molecule has 0 saturated carbocycles. The van der Waals surface area contributed by atoms with E-state index in [9.17, 15) is 13.2 Å². The Balaban J connectivity index is 1.85. The second kappa shape index (κ2) is 9.88. The summed E-state index contributed by atoms with van der Waals surface area (Å²) in [4.78, 5) is 17.6. The zero-order chi connectivity index (χ0) is 22.6. The van der Waals surface area contributed by atoms with Gasteiger partial charge in [0.2, 0.25) is 10.0 Å². The Morgan fingerprint density at radius 1 is 0.903 bits per heavy atom. The average Bonchev–Trinajstić information content (AvgIpc) is 3.16. The minimum absolute atomic E-state index is 0.0631. The van der Waals surface area contributed by atoms with E-state index in [1.165, 1.54) is 13.2 Å². The van der Waals surface area contributed by atoms with E-state index in [0.717, 1.165) is 45.2 Å². The fraction of sp³-hybridized carbons (Fsp3) is 0.696. The number of rotatable bonds is 4. The Kier molecular flexibility index (Phi) is 7.65. The molecule has 7 nitrogen and oxygen atoms in total. The van der Waals surface area contributed by atoms with Crippen LogP contribution in [0, 0.1) is 0 Å². The normalized spacial score (nSPS) is 20.2. The van der Waals surface area contributed by atoms with Gasteiger partial charge in [0, 0.05) is 50.4 Å². The van der Waals surface area contributed by atoms with Crippen molar-refractivity contribution in [2.75, 3.05) is 46.4 Å². The Morgan fingerprint density at radius 2 is 1.58 bits per heavy atom. The lowest BCUT2D eigenvalue weighted by Gasteiger charge is -2.34. The Labute approximate surface area is 187 Å². The van der Waals surface area contributed by atoms with Crippen LogP contribution in [0.25, 0.3) is 0 Å². The second-order valence-corrected chi connectivity index (χ2v) is 11.4. The first kappa shape index (κ1) is 24.0. The van der Waals surface area contributed by atoms with Crippen molar-refractivity contribution in [2.45, 2.75) is 63.3 Å². The first-order valence-electron chi connectivity index (χ1n) is 11.4. The van der Waals surface area contributed by atoms with Crippen molar-refractivity contribution in [3.8, 4) is 5.75 Å². The fourth-order valence-electron chi connectivity index (χ4n) is 4.41. The zero-order valence-electron chi connectivity index (χ0n) is 19.4. The van der Waals surface area contributed by atoms with Crippen molar-refractivity contribution in [2.24, 2.45) is 0 Å². The molecule has 0 unspecified atom stereocenters. The van der Waals surface area contributed by atoms with E-state index in [2.05, 4.69) is 25.7 Å². The molecule has 31 heavy (non-hydrogen) atoms. The second-order valence-electron chi connectivity index (χ2n) is 9.49. The quantitative estimate of drug-likeness (QED) is 0.703. The number of hydrogen-bond acceptors (Lipinski definition) is 5. The predicted molar refractivity (Wildman–Crippen MR) is 122 cm³/mol. The minimum Gasteiger partial charge on any atom is -0.495 e. The van der Waals surface area contributed by atoms with Crippen molar-refractivity contribution in [1.29, 1.82) is 0 Å². The van der Waals surface area contributed by atoms with E-state index in [4.69, 9.17) is 4.74 Å². The molecule has 2 aliphatic rings. The first-order chi connectivity index (χ1) is 14.6. The smallest absolute Gasteiger partial charge is 0.253 e. The van der Waals surface area contributed by atoms with Crippen molar-refractivity contribution in [3.05, 3.63) is 23.8 Å². The van der Waals surface area contributed by atoms with Crippen LogP contribution >= 0.6 is 0 Å². The van der Waals surface area contributed by atoms with Gasteiger partial charge in [-0.25, -0.2) is 8.42 Å². The average molecular weight is 452 g/mol. The Morgan fingerprint density at radius 3 is 2.19 bits per heavy atom. The first-order valence-corrected chi connectivity index (χ1v) is 12.8. The molecule has 1 amide bonds. The van der Waals surface area contributed by atoms with Gasteiger partial charge in [-0.05, 0) is 58.2 Å². The maximum Gasteiger partial charge on any atom is 0.253 e. The molecule has 174 valence electrons. The number of hydrogen-bond donors (Lipinski definition) is 0. The highest BCUT2D eigenvalue weighted by molar-refractivity contribution is 7.89. The van der Waals surface area contributed by atoms with E-state index in [-0.39, 0.29) is 22.1 Å². The van der Waals surface area contributed by atoms with Crippen LogP contribution in [-0.2, 0) is 10.0 Å². The van der Waals surface area contributed by atoms with Gasteiger partial charge in [-0.1, -0.05) is 12.8 Å². The third-order valence-electron chi connectivity index (χ3n) is 6.33. The summed E-state index contributed by atoms with van der Waals surface area (Å²) in [5, 5.41) is 0. The van der Waals surface area contributed by atoms with Crippen LogP contribution < -0.4 is 4.74 Å². The number of benzene rings is 1. The van der Waals surface area contributed by atoms with Gasteiger partial charge in [0.1, 0.15) is 10.6 Å². The Hall–Kier alpha value is -1.64. The van der Waals surface area contributed by atoms with Crippen LogP contribution in [0.2, 0.25) is 0 Å². The van der Waals surface area contributed by atoms with Gasteiger partial charge >= 0.3 is 0 Å². The molecule has 0 radical (unpaired) electrons.